The van der Waals surface area contributed by atoms with Gasteiger partial charge in [0.25, 0.3) is 5.91 Å². The Morgan fingerprint density at radius 2 is 1.52 bits per heavy atom. The first-order chi connectivity index (χ1) is 20.2. The number of hydrogen-bond donors (Lipinski definition) is 4. The number of benzene rings is 4. The Morgan fingerprint density at radius 3 is 2.26 bits per heavy atom. The minimum absolute atomic E-state index is 0.0617. The van der Waals surface area contributed by atoms with E-state index in [1.807, 2.05) is 61.5 Å². The Morgan fingerprint density at radius 1 is 0.810 bits per heavy atom. The van der Waals surface area contributed by atoms with Crippen LogP contribution in [-0.2, 0) is 25.9 Å². The minimum Gasteiger partial charge on any atom is -0.390 e. The fraction of sp³-hybridized carbons (Fsp3) is 0.265. The van der Waals surface area contributed by atoms with Gasteiger partial charge in [-0.2, -0.15) is 0 Å². The van der Waals surface area contributed by atoms with Crippen LogP contribution in [0.2, 0.25) is 0 Å². The predicted octanol–water partition coefficient (Wildman–Crippen LogP) is 5.70. The standard InChI is InChI=1S/C34H36F2IN3O2/c1-23-12-27(21-38-11-10-24-6-3-2-4-7-24)14-28(13-23)34(42)40-32(18-26-15-29(35)19-30(36)16-26)33(41)22-39-20-25-8-5-9-31(37)17-25/h2-9,12-17,19,32-33,38-39,41H,10-11,18,20-22H2,1H3,(H,40,42)/t32-,33+/m0/s1. The quantitative estimate of drug-likeness (QED) is 0.102. The fourth-order valence-corrected chi connectivity index (χ4v) is 5.48. The smallest absolute Gasteiger partial charge is 0.251 e. The maximum absolute atomic E-state index is 13.9. The Hall–Kier alpha value is -3.18. The molecule has 1 amide bonds. The van der Waals surface area contributed by atoms with Gasteiger partial charge in [0.05, 0.1) is 12.1 Å². The molecule has 0 bridgehead atoms. The van der Waals surface area contributed by atoms with E-state index in [0.717, 1.165) is 39.3 Å². The van der Waals surface area contributed by atoms with E-state index in [1.54, 1.807) is 6.07 Å². The topological polar surface area (TPSA) is 73.4 Å². The highest BCUT2D eigenvalue weighted by atomic mass is 127. The maximum atomic E-state index is 13.9. The molecule has 0 saturated heterocycles. The molecule has 4 rings (SSSR count). The number of carbonyl (C=O) groups excluding carboxylic acids is 1. The number of amides is 1. The third kappa shape index (κ3) is 10.3. The van der Waals surface area contributed by atoms with Crippen molar-refractivity contribution in [3.05, 3.63) is 140 Å². The largest absolute Gasteiger partial charge is 0.390 e. The van der Waals surface area contributed by atoms with Crippen molar-refractivity contribution in [3.63, 3.8) is 0 Å². The molecule has 42 heavy (non-hydrogen) atoms. The second kappa shape index (κ2) is 15.9. The molecule has 0 aliphatic heterocycles. The summed E-state index contributed by atoms with van der Waals surface area (Å²) in [5.74, 6) is -1.77. The Labute approximate surface area is 259 Å². The lowest BCUT2D eigenvalue weighted by Gasteiger charge is -2.25. The lowest BCUT2D eigenvalue weighted by Crippen LogP contribution is -2.48. The summed E-state index contributed by atoms with van der Waals surface area (Å²) < 4.78 is 29.0. The van der Waals surface area contributed by atoms with E-state index in [-0.39, 0.29) is 18.9 Å². The van der Waals surface area contributed by atoms with E-state index < -0.39 is 23.8 Å². The van der Waals surface area contributed by atoms with Crippen LogP contribution in [0.1, 0.15) is 38.2 Å². The van der Waals surface area contributed by atoms with Crippen LogP contribution >= 0.6 is 22.6 Å². The molecule has 0 spiro atoms. The van der Waals surface area contributed by atoms with Gasteiger partial charge in [0.15, 0.2) is 0 Å². The molecule has 5 nitrogen and oxygen atoms in total. The molecule has 0 aromatic heterocycles. The van der Waals surface area contributed by atoms with Crippen LogP contribution in [0.25, 0.3) is 0 Å². The summed E-state index contributed by atoms with van der Waals surface area (Å²) in [6, 6.07) is 26.4. The molecular formula is C34H36F2IN3O2. The lowest BCUT2D eigenvalue weighted by atomic mass is 9.99. The van der Waals surface area contributed by atoms with Crippen LogP contribution in [0.15, 0.2) is 91.0 Å². The molecule has 2 atom stereocenters. The van der Waals surface area contributed by atoms with Crippen molar-refractivity contribution in [1.29, 1.82) is 0 Å². The van der Waals surface area contributed by atoms with Crippen molar-refractivity contribution in [2.24, 2.45) is 0 Å². The fourth-order valence-electron chi connectivity index (χ4n) is 4.88. The van der Waals surface area contributed by atoms with Crippen molar-refractivity contribution in [3.8, 4) is 0 Å². The Balaban J connectivity index is 1.41. The van der Waals surface area contributed by atoms with E-state index in [0.29, 0.717) is 24.2 Å². The van der Waals surface area contributed by atoms with Gasteiger partial charge in [0, 0.05) is 34.8 Å². The number of halogens is 3. The highest BCUT2D eigenvalue weighted by Crippen LogP contribution is 2.15. The third-order valence-electron chi connectivity index (χ3n) is 6.89. The zero-order valence-electron chi connectivity index (χ0n) is 23.5. The number of carbonyl (C=O) groups is 1. The zero-order chi connectivity index (χ0) is 29.9. The van der Waals surface area contributed by atoms with Crippen molar-refractivity contribution in [1.82, 2.24) is 16.0 Å². The Bertz CT molecular complexity index is 1450. The van der Waals surface area contributed by atoms with Gasteiger partial charge in [0.1, 0.15) is 11.6 Å². The van der Waals surface area contributed by atoms with E-state index in [2.05, 4.69) is 50.7 Å². The molecule has 4 N–H and O–H groups in total. The summed E-state index contributed by atoms with van der Waals surface area (Å²) in [6.45, 7) is 4.04. The molecule has 4 aromatic carbocycles. The van der Waals surface area contributed by atoms with Crippen molar-refractivity contribution in [2.45, 2.75) is 45.0 Å². The van der Waals surface area contributed by atoms with E-state index in [4.69, 9.17) is 0 Å². The molecule has 0 aliphatic rings. The third-order valence-corrected chi connectivity index (χ3v) is 7.56. The van der Waals surface area contributed by atoms with Crippen LogP contribution in [0.3, 0.4) is 0 Å². The summed E-state index contributed by atoms with van der Waals surface area (Å²) in [6.07, 6.45) is -0.0451. The monoisotopic (exact) mass is 683 g/mol. The Kier molecular flexibility index (Phi) is 12.0. The maximum Gasteiger partial charge on any atom is 0.251 e. The average Bonchev–Trinajstić information content (AvgIpc) is 2.95. The van der Waals surface area contributed by atoms with Crippen molar-refractivity contribution < 1.29 is 18.7 Å². The van der Waals surface area contributed by atoms with Gasteiger partial charge in [-0.1, -0.05) is 54.1 Å². The summed E-state index contributed by atoms with van der Waals surface area (Å²) in [4.78, 5) is 13.4. The van der Waals surface area contributed by atoms with Gasteiger partial charge in [0.2, 0.25) is 0 Å². The molecule has 8 heteroatoms. The highest BCUT2D eigenvalue weighted by molar-refractivity contribution is 14.1. The van der Waals surface area contributed by atoms with Crippen molar-refractivity contribution in [2.75, 3.05) is 13.1 Å². The number of hydrogen-bond acceptors (Lipinski definition) is 4. The number of aliphatic hydroxyl groups excluding tert-OH is 1. The summed E-state index contributed by atoms with van der Waals surface area (Å²) >= 11 is 2.24. The molecule has 0 saturated carbocycles. The van der Waals surface area contributed by atoms with Gasteiger partial charge >= 0.3 is 0 Å². The molecule has 220 valence electrons. The van der Waals surface area contributed by atoms with Gasteiger partial charge in [-0.25, -0.2) is 8.78 Å². The van der Waals surface area contributed by atoms with E-state index in [9.17, 15) is 18.7 Å². The molecule has 0 radical (unpaired) electrons. The molecule has 0 fully saturated rings. The van der Waals surface area contributed by atoms with Gasteiger partial charge in [-0.05, 0) is 108 Å². The van der Waals surface area contributed by atoms with Gasteiger partial charge < -0.3 is 21.1 Å². The summed E-state index contributed by atoms with van der Waals surface area (Å²) in [7, 11) is 0. The molecule has 4 aromatic rings. The summed E-state index contributed by atoms with van der Waals surface area (Å²) in [5.41, 5.74) is 5.03. The first-order valence-corrected chi connectivity index (χ1v) is 15.1. The second-order valence-corrected chi connectivity index (χ2v) is 11.8. The van der Waals surface area contributed by atoms with Gasteiger partial charge in [-0.3, -0.25) is 4.79 Å². The summed E-state index contributed by atoms with van der Waals surface area (Å²) in [5, 5.41) is 20.7. The number of nitrogens with one attached hydrogen (secondary N) is 3. The van der Waals surface area contributed by atoms with E-state index >= 15 is 0 Å². The normalized spacial score (nSPS) is 12.6. The van der Waals surface area contributed by atoms with Crippen molar-refractivity contribution >= 4 is 28.5 Å². The molecule has 0 aliphatic carbocycles. The van der Waals surface area contributed by atoms with Crippen LogP contribution in [0, 0.1) is 22.1 Å². The van der Waals surface area contributed by atoms with Crippen LogP contribution < -0.4 is 16.0 Å². The van der Waals surface area contributed by atoms with Crippen LogP contribution in [0.5, 0.6) is 0 Å². The number of aliphatic hydroxyl groups is 1. The molecule has 0 unspecified atom stereocenters. The van der Waals surface area contributed by atoms with E-state index in [1.165, 1.54) is 17.7 Å². The first kappa shape index (κ1) is 31.7. The minimum atomic E-state index is -1.01. The van der Waals surface area contributed by atoms with Crippen LogP contribution in [-0.4, -0.2) is 36.2 Å². The van der Waals surface area contributed by atoms with Gasteiger partial charge in [-0.15, -0.1) is 0 Å². The number of aryl methyl sites for hydroxylation is 1. The second-order valence-electron chi connectivity index (χ2n) is 10.5. The lowest BCUT2D eigenvalue weighted by molar-refractivity contribution is 0.0829. The van der Waals surface area contributed by atoms with Crippen LogP contribution in [0.4, 0.5) is 8.78 Å². The number of rotatable bonds is 14. The average molecular weight is 684 g/mol. The highest BCUT2D eigenvalue weighted by Gasteiger charge is 2.23. The zero-order valence-corrected chi connectivity index (χ0v) is 25.7. The molecule has 0 heterocycles. The molecular weight excluding hydrogens is 647 g/mol. The first-order valence-electron chi connectivity index (χ1n) is 14.0. The predicted molar refractivity (Wildman–Crippen MR) is 171 cm³/mol. The SMILES string of the molecule is Cc1cc(CNCCc2ccccc2)cc(C(=O)N[C@@H](Cc2cc(F)cc(F)c2)[C@H](O)CNCc2cccc(I)c2)c1.